The minimum absolute atomic E-state index is 0.0466. The molecule has 0 bridgehead atoms. The molecule has 0 radical (unpaired) electrons. The van der Waals surface area contributed by atoms with Crippen LogP contribution in [0.3, 0.4) is 0 Å². The maximum Gasteiger partial charge on any atom is 0.143 e. The van der Waals surface area contributed by atoms with Crippen LogP contribution < -0.4 is 5.32 Å². The van der Waals surface area contributed by atoms with Gasteiger partial charge in [0.1, 0.15) is 5.82 Å². The molecule has 0 spiro atoms. The SMILES string of the molecule is CC(C)COC1CC(Nc2ccc(Cl)c(F)c2)C1(C)C. The molecule has 2 rings (SSSR count). The summed E-state index contributed by atoms with van der Waals surface area (Å²) in [7, 11) is 0. The second kappa shape index (κ2) is 5.90. The highest BCUT2D eigenvalue weighted by Gasteiger charge is 2.49. The Bertz CT molecular complexity index is 476. The maximum atomic E-state index is 13.4. The van der Waals surface area contributed by atoms with Gasteiger partial charge in [0.2, 0.25) is 0 Å². The molecule has 0 saturated heterocycles. The lowest BCUT2D eigenvalue weighted by Gasteiger charge is -2.52. The second-order valence-corrected chi connectivity index (χ2v) is 7.01. The van der Waals surface area contributed by atoms with E-state index in [9.17, 15) is 4.39 Å². The lowest BCUT2D eigenvalue weighted by Crippen LogP contribution is -2.58. The standard InChI is InChI=1S/C16H23ClFNO/c1-10(2)9-20-15-8-14(16(15,3)4)19-11-5-6-12(17)13(18)7-11/h5-7,10,14-15,19H,8-9H2,1-4H3. The second-order valence-electron chi connectivity index (χ2n) is 6.60. The Hall–Kier alpha value is -0.800. The first kappa shape index (κ1) is 15.6. The van der Waals surface area contributed by atoms with E-state index in [2.05, 4.69) is 33.0 Å². The van der Waals surface area contributed by atoms with Crippen LogP contribution in [0.25, 0.3) is 0 Å². The smallest absolute Gasteiger partial charge is 0.143 e. The van der Waals surface area contributed by atoms with Crippen molar-refractivity contribution in [3.8, 4) is 0 Å². The molecule has 112 valence electrons. The number of hydrogen-bond donors (Lipinski definition) is 1. The van der Waals surface area contributed by atoms with Crippen molar-refractivity contribution in [2.75, 3.05) is 11.9 Å². The van der Waals surface area contributed by atoms with Crippen LogP contribution in [-0.2, 0) is 4.74 Å². The third-order valence-corrected chi connectivity index (χ3v) is 4.38. The number of benzene rings is 1. The van der Waals surface area contributed by atoms with E-state index in [-0.39, 0.29) is 22.4 Å². The summed E-state index contributed by atoms with van der Waals surface area (Å²) < 4.78 is 19.4. The number of hydrogen-bond acceptors (Lipinski definition) is 2. The summed E-state index contributed by atoms with van der Waals surface area (Å²) in [5.74, 6) is 0.157. The molecule has 1 N–H and O–H groups in total. The summed E-state index contributed by atoms with van der Waals surface area (Å²) in [6.07, 6.45) is 1.21. The van der Waals surface area contributed by atoms with E-state index in [1.807, 2.05) is 6.07 Å². The minimum Gasteiger partial charge on any atom is -0.381 e. The fraction of sp³-hybridized carbons (Fsp3) is 0.625. The van der Waals surface area contributed by atoms with E-state index in [1.165, 1.54) is 6.07 Å². The molecule has 2 atom stereocenters. The fourth-order valence-corrected chi connectivity index (χ4v) is 2.63. The van der Waals surface area contributed by atoms with Crippen LogP contribution in [0.1, 0.15) is 34.1 Å². The Morgan fingerprint density at radius 2 is 2.15 bits per heavy atom. The molecule has 1 aliphatic carbocycles. The predicted molar refractivity (Wildman–Crippen MR) is 81.8 cm³/mol. The van der Waals surface area contributed by atoms with E-state index in [0.717, 1.165) is 18.7 Å². The van der Waals surface area contributed by atoms with E-state index >= 15 is 0 Å². The van der Waals surface area contributed by atoms with Crippen molar-refractivity contribution in [3.05, 3.63) is 29.0 Å². The molecule has 4 heteroatoms. The maximum absolute atomic E-state index is 13.4. The van der Waals surface area contributed by atoms with Crippen LogP contribution in [0.2, 0.25) is 5.02 Å². The normalized spacial score (nSPS) is 24.6. The van der Waals surface area contributed by atoms with Crippen molar-refractivity contribution in [2.24, 2.45) is 11.3 Å². The van der Waals surface area contributed by atoms with Gasteiger partial charge < -0.3 is 10.1 Å². The molecule has 1 aliphatic rings. The summed E-state index contributed by atoms with van der Waals surface area (Å²) in [5.41, 5.74) is 0.817. The monoisotopic (exact) mass is 299 g/mol. The highest BCUT2D eigenvalue weighted by Crippen LogP contribution is 2.44. The van der Waals surface area contributed by atoms with Crippen LogP contribution in [-0.4, -0.2) is 18.8 Å². The number of halogens is 2. The number of nitrogens with one attached hydrogen (secondary N) is 1. The first-order valence-corrected chi connectivity index (χ1v) is 7.51. The molecule has 0 aromatic heterocycles. The molecule has 1 saturated carbocycles. The zero-order chi connectivity index (χ0) is 14.9. The van der Waals surface area contributed by atoms with E-state index in [0.29, 0.717) is 12.0 Å². The van der Waals surface area contributed by atoms with Crippen molar-refractivity contribution >= 4 is 17.3 Å². The Morgan fingerprint density at radius 1 is 1.45 bits per heavy atom. The Kier molecular flexibility index (Phi) is 4.60. The first-order chi connectivity index (χ1) is 9.30. The minimum atomic E-state index is -0.388. The average molecular weight is 300 g/mol. The van der Waals surface area contributed by atoms with Crippen molar-refractivity contribution in [1.29, 1.82) is 0 Å². The average Bonchev–Trinajstić information content (AvgIpc) is 2.36. The number of anilines is 1. The van der Waals surface area contributed by atoms with Gasteiger partial charge in [-0.2, -0.15) is 0 Å². The van der Waals surface area contributed by atoms with Gasteiger partial charge >= 0.3 is 0 Å². The highest BCUT2D eigenvalue weighted by molar-refractivity contribution is 6.30. The topological polar surface area (TPSA) is 21.3 Å². The molecule has 0 amide bonds. The third-order valence-electron chi connectivity index (χ3n) is 4.07. The zero-order valence-electron chi connectivity index (χ0n) is 12.5. The molecule has 0 heterocycles. The predicted octanol–water partition coefficient (Wildman–Crippen LogP) is 4.73. The summed E-state index contributed by atoms with van der Waals surface area (Å²) in [6, 6.07) is 5.13. The van der Waals surface area contributed by atoms with Crippen LogP contribution in [0.4, 0.5) is 10.1 Å². The molecule has 2 nitrogen and oxygen atoms in total. The summed E-state index contributed by atoms with van der Waals surface area (Å²) in [6.45, 7) is 9.46. The van der Waals surface area contributed by atoms with Gasteiger partial charge in [-0.1, -0.05) is 39.3 Å². The first-order valence-electron chi connectivity index (χ1n) is 7.14. The zero-order valence-corrected chi connectivity index (χ0v) is 13.3. The van der Waals surface area contributed by atoms with Crippen LogP contribution in [0.5, 0.6) is 0 Å². The highest BCUT2D eigenvalue weighted by atomic mass is 35.5. The van der Waals surface area contributed by atoms with Crippen LogP contribution >= 0.6 is 11.6 Å². The molecule has 20 heavy (non-hydrogen) atoms. The molecule has 2 unspecified atom stereocenters. The van der Waals surface area contributed by atoms with Crippen molar-refractivity contribution in [3.63, 3.8) is 0 Å². The van der Waals surface area contributed by atoms with E-state index in [4.69, 9.17) is 16.3 Å². The summed E-state index contributed by atoms with van der Waals surface area (Å²) in [5, 5.41) is 3.53. The molecule has 0 aliphatic heterocycles. The van der Waals surface area contributed by atoms with E-state index < -0.39 is 0 Å². The molecule has 1 aromatic carbocycles. The lowest BCUT2D eigenvalue weighted by molar-refractivity contribution is -0.108. The third kappa shape index (κ3) is 3.26. The molecular weight excluding hydrogens is 277 g/mol. The number of rotatable bonds is 5. The Balaban J connectivity index is 1.93. The largest absolute Gasteiger partial charge is 0.381 e. The fourth-order valence-electron chi connectivity index (χ4n) is 2.51. The Morgan fingerprint density at radius 3 is 2.70 bits per heavy atom. The molecule has 1 aromatic rings. The van der Waals surface area contributed by atoms with Gasteiger partial charge in [0.15, 0.2) is 0 Å². The van der Waals surface area contributed by atoms with Crippen molar-refractivity contribution in [2.45, 2.75) is 46.3 Å². The van der Waals surface area contributed by atoms with Gasteiger partial charge in [0.25, 0.3) is 0 Å². The van der Waals surface area contributed by atoms with Gasteiger partial charge in [0, 0.05) is 23.8 Å². The summed E-state index contributed by atoms with van der Waals surface area (Å²) >= 11 is 5.69. The van der Waals surface area contributed by atoms with Gasteiger partial charge in [-0.05, 0) is 30.5 Å². The Labute approximate surface area is 125 Å². The quantitative estimate of drug-likeness (QED) is 0.848. The molecular formula is C16H23ClFNO. The summed E-state index contributed by atoms with van der Waals surface area (Å²) in [4.78, 5) is 0. The molecule has 1 fully saturated rings. The number of ether oxygens (including phenoxy) is 1. The lowest BCUT2D eigenvalue weighted by atomic mass is 9.64. The van der Waals surface area contributed by atoms with Gasteiger partial charge in [-0.3, -0.25) is 0 Å². The van der Waals surface area contributed by atoms with Crippen LogP contribution in [0, 0.1) is 17.2 Å². The van der Waals surface area contributed by atoms with Gasteiger partial charge in [-0.15, -0.1) is 0 Å². The van der Waals surface area contributed by atoms with Gasteiger partial charge in [-0.25, -0.2) is 4.39 Å². The van der Waals surface area contributed by atoms with E-state index in [1.54, 1.807) is 6.07 Å². The van der Waals surface area contributed by atoms with Crippen molar-refractivity contribution < 1.29 is 9.13 Å². The van der Waals surface area contributed by atoms with Crippen molar-refractivity contribution in [1.82, 2.24) is 0 Å². The van der Waals surface area contributed by atoms with Crippen LogP contribution in [0.15, 0.2) is 18.2 Å². The van der Waals surface area contributed by atoms with Gasteiger partial charge in [0.05, 0.1) is 11.1 Å².